The fraction of sp³-hybridized carbons (Fsp3) is 0.500. The van der Waals surface area contributed by atoms with Crippen molar-refractivity contribution in [3.05, 3.63) is 24.2 Å². The van der Waals surface area contributed by atoms with Crippen LogP contribution in [0.2, 0.25) is 0 Å². The summed E-state index contributed by atoms with van der Waals surface area (Å²) >= 11 is 0. The average Bonchev–Trinajstić information content (AvgIpc) is 3.06. The van der Waals surface area contributed by atoms with Gasteiger partial charge in [0.25, 0.3) is 11.8 Å². The van der Waals surface area contributed by atoms with Gasteiger partial charge in [0.1, 0.15) is 6.04 Å². The molecular weight excluding hydrogens is 236 g/mol. The molecule has 2 amide bonds. The number of nitrogens with zero attached hydrogens (tertiary/aromatic N) is 2. The third-order valence-electron chi connectivity index (χ3n) is 3.11. The summed E-state index contributed by atoms with van der Waals surface area (Å²) < 4.78 is 5.08. The van der Waals surface area contributed by atoms with Crippen molar-refractivity contribution in [3.63, 3.8) is 0 Å². The molecule has 0 spiro atoms. The maximum atomic E-state index is 12.2. The van der Waals surface area contributed by atoms with Crippen molar-refractivity contribution in [3.8, 4) is 0 Å². The second kappa shape index (κ2) is 5.22. The molecule has 98 valence electrons. The van der Waals surface area contributed by atoms with Crippen LogP contribution in [0.1, 0.15) is 23.4 Å². The van der Waals surface area contributed by atoms with E-state index in [4.69, 9.17) is 9.25 Å². The van der Waals surface area contributed by atoms with Crippen LogP contribution < -0.4 is 0 Å². The van der Waals surface area contributed by atoms with Crippen molar-refractivity contribution in [2.75, 3.05) is 20.7 Å². The van der Waals surface area contributed by atoms with Gasteiger partial charge in [0.05, 0.1) is 13.4 Å². The van der Waals surface area contributed by atoms with E-state index in [0.717, 1.165) is 11.5 Å². The first kappa shape index (κ1) is 12.6. The normalized spacial score (nSPS) is 19.0. The summed E-state index contributed by atoms with van der Waals surface area (Å²) in [4.78, 5) is 30.6. The highest BCUT2D eigenvalue weighted by atomic mass is 16.7. The van der Waals surface area contributed by atoms with E-state index in [1.54, 1.807) is 12.1 Å². The summed E-state index contributed by atoms with van der Waals surface area (Å²) in [7, 11) is 2.96. The number of rotatable bonds is 3. The van der Waals surface area contributed by atoms with Crippen LogP contribution in [0, 0.1) is 0 Å². The second-order valence-corrected chi connectivity index (χ2v) is 4.15. The van der Waals surface area contributed by atoms with Crippen LogP contribution in [0.4, 0.5) is 0 Å². The molecule has 1 aromatic heterocycles. The van der Waals surface area contributed by atoms with Gasteiger partial charge in [0.15, 0.2) is 5.76 Å². The molecule has 1 aliphatic rings. The van der Waals surface area contributed by atoms with Crippen LogP contribution in [-0.4, -0.2) is 48.5 Å². The molecular formula is C12H16N2O4. The largest absolute Gasteiger partial charge is 0.459 e. The topological polar surface area (TPSA) is 63.0 Å². The fourth-order valence-electron chi connectivity index (χ4n) is 2.11. The van der Waals surface area contributed by atoms with Gasteiger partial charge in [-0.1, -0.05) is 0 Å². The van der Waals surface area contributed by atoms with Crippen molar-refractivity contribution in [2.45, 2.75) is 18.9 Å². The van der Waals surface area contributed by atoms with Crippen molar-refractivity contribution in [1.82, 2.24) is 9.96 Å². The van der Waals surface area contributed by atoms with E-state index in [0.29, 0.717) is 13.0 Å². The number of furan rings is 1. The number of amides is 2. The maximum absolute atomic E-state index is 12.2. The van der Waals surface area contributed by atoms with Crippen LogP contribution in [0.15, 0.2) is 22.8 Å². The minimum absolute atomic E-state index is 0.213. The molecule has 1 aliphatic heterocycles. The molecule has 1 saturated heterocycles. The van der Waals surface area contributed by atoms with Gasteiger partial charge < -0.3 is 9.32 Å². The number of carbonyl (C=O) groups is 2. The van der Waals surface area contributed by atoms with E-state index in [1.165, 1.54) is 25.3 Å². The summed E-state index contributed by atoms with van der Waals surface area (Å²) in [5.74, 6) is -0.204. The molecule has 0 aliphatic carbocycles. The zero-order valence-corrected chi connectivity index (χ0v) is 10.5. The van der Waals surface area contributed by atoms with E-state index in [-0.39, 0.29) is 17.6 Å². The molecule has 6 nitrogen and oxygen atoms in total. The van der Waals surface area contributed by atoms with Gasteiger partial charge in [-0.05, 0) is 25.0 Å². The maximum Gasteiger partial charge on any atom is 0.290 e. The van der Waals surface area contributed by atoms with E-state index in [2.05, 4.69) is 0 Å². The molecule has 0 bridgehead atoms. The summed E-state index contributed by atoms with van der Waals surface area (Å²) in [5.41, 5.74) is 0. The Kier molecular flexibility index (Phi) is 3.66. The molecule has 1 aromatic rings. The lowest BCUT2D eigenvalue weighted by Gasteiger charge is -2.25. The minimum atomic E-state index is -0.465. The Morgan fingerprint density at radius 3 is 2.94 bits per heavy atom. The zero-order valence-electron chi connectivity index (χ0n) is 10.5. The molecule has 1 unspecified atom stereocenters. The number of likely N-dealkylation sites (tertiary alicyclic amines) is 1. The van der Waals surface area contributed by atoms with E-state index in [1.807, 2.05) is 0 Å². The molecule has 0 N–H and O–H groups in total. The van der Waals surface area contributed by atoms with Crippen LogP contribution in [0.3, 0.4) is 0 Å². The summed E-state index contributed by atoms with van der Waals surface area (Å²) in [6.07, 6.45) is 2.90. The fourth-order valence-corrected chi connectivity index (χ4v) is 2.11. The smallest absolute Gasteiger partial charge is 0.290 e. The van der Waals surface area contributed by atoms with E-state index < -0.39 is 6.04 Å². The molecule has 0 aromatic carbocycles. The number of hydrogen-bond donors (Lipinski definition) is 0. The average molecular weight is 252 g/mol. The predicted molar refractivity (Wildman–Crippen MR) is 62.5 cm³/mol. The highest BCUT2D eigenvalue weighted by molar-refractivity contribution is 5.95. The highest BCUT2D eigenvalue weighted by Gasteiger charge is 2.37. The lowest BCUT2D eigenvalue weighted by molar-refractivity contribution is -0.172. The molecule has 2 heterocycles. The first-order chi connectivity index (χ1) is 8.65. The second-order valence-electron chi connectivity index (χ2n) is 4.15. The lowest BCUT2D eigenvalue weighted by atomic mass is 10.2. The van der Waals surface area contributed by atoms with Gasteiger partial charge in [0.2, 0.25) is 0 Å². The Bertz CT molecular complexity index is 429. The first-order valence-corrected chi connectivity index (χ1v) is 5.81. The van der Waals surface area contributed by atoms with Crippen LogP contribution >= 0.6 is 0 Å². The molecule has 0 radical (unpaired) electrons. The summed E-state index contributed by atoms with van der Waals surface area (Å²) in [6.45, 7) is 0.563. The Morgan fingerprint density at radius 1 is 1.56 bits per heavy atom. The standard InChI is InChI=1S/C12H16N2O4/c1-13(17-2)11(15)9-5-3-7-14(9)12(16)10-6-4-8-18-10/h4,6,8-9H,3,5,7H2,1-2H3. The number of likely N-dealkylation sites (N-methyl/N-ethyl adjacent to an activating group) is 1. The van der Waals surface area contributed by atoms with E-state index >= 15 is 0 Å². The van der Waals surface area contributed by atoms with Gasteiger partial charge in [-0.25, -0.2) is 5.06 Å². The number of carbonyl (C=O) groups excluding carboxylic acids is 2. The van der Waals surface area contributed by atoms with Crippen molar-refractivity contribution in [2.24, 2.45) is 0 Å². The number of hydroxylamine groups is 2. The Hall–Kier alpha value is -1.82. The molecule has 6 heteroatoms. The van der Waals surface area contributed by atoms with Crippen molar-refractivity contribution in [1.29, 1.82) is 0 Å². The SMILES string of the molecule is CON(C)C(=O)C1CCCN1C(=O)c1ccco1. The predicted octanol–water partition coefficient (Wildman–Crippen LogP) is 0.904. The van der Waals surface area contributed by atoms with Gasteiger partial charge >= 0.3 is 0 Å². The molecule has 2 rings (SSSR count). The van der Waals surface area contributed by atoms with Gasteiger partial charge in [-0.15, -0.1) is 0 Å². The van der Waals surface area contributed by atoms with Crippen LogP contribution in [0.25, 0.3) is 0 Å². The molecule has 18 heavy (non-hydrogen) atoms. The summed E-state index contributed by atoms with van der Waals surface area (Å²) in [5, 5.41) is 1.15. The quantitative estimate of drug-likeness (QED) is 0.750. The highest BCUT2D eigenvalue weighted by Crippen LogP contribution is 2.21. The zero-order chi connectivity index (χ0) is 13.1. The number of hydrogen-bond acceptors (Lipinski definition) is 4. The Morgan fingerprint density at radius 2 is 2.33 bits per heavy atom. The molecule has 1 atom stereocenters. The van der Waals surface area contributed by atoms with Gasteiger partial charge in [-0.3, -0.25) is 14.4 Å². The summed E-state index contributed by atoms with van der Waals surface area (Å²) in [6, 6.07) is 2.79. The Balaban J connectivity index is 2.13. The first-order valence-electron chi connectivity index (χ1n) is 5.81. The van der Waals surface area contributed by atoms with Crippen LogP contribution in [-0.2, 0) is 9.63 Å². The Labute approximate surface area is 105 Å². The lowest BCUT2D eigenvalue weighted by Crippen LogP contribution is -2.46. The van der Waals surface area contributed by atoms with Crippen molar-refractivity contribution >= 4 is 11.8 Å². The minimum Gasteiger partial charge on any atom is -0.459 e. The van der Waals surface area contributed by atoms with Gasteiger partial charge in [-0.2, -0.15) is 0 Å². The third kappa shape index (κ3) is 2.24. The van der Waals surface area contributed by atoms with E-state index in [9.17, 15) is 9.59 Å². The molecule has 1 fully saturated rings. The molecule has 0 saturated carbocycles. The third-order valence-corrected chi connectivity index (χ3v) is 3.11. The monoisotopic (exact) mass is 252 g/mol. The van der Waals surface area contributed by atoms with Crippen molar-refractivity contribution < 1.29 is 18.8 Å². The van der Waals surface area contributed by atoms with Crippen LogP contribution in [0.5, 0.6) is 0 Å². The van der Waals surface area contributed by atoms with Gasteiger partial charge in [0, 0.05) is 13.6 Å².